The molecule has 1 aromatic heterocycles. The number of ether oxygens (including phenoxy) is 2. The standard InChI is InChI=1S/C31H46N4O5/c1-22-13-14-31(5,38)26(39-30(37)35-19-17-34(6)18-20-35)12-11-24(3)28(40-27(36)21-22)23(2)9-7-10-25(4)29-32-15-8-16-33-29/h7-12,15-16,22,24-26,28,38H,13-14,17-21H2,1-6H3/b10-7+,12-11+,23-9+/t22-,24+,25?,26+,28-,31-/m1/s1. The molecule has 2 aliphatic rings. The number of hydrogen-bond donors (Lipinski definition) is 1. The Hall–Kier alpha value is -3.04. The molecular formula is C31H46N4O5. The van der Waals surface area contributed by atoms with Crippen LogP contribution in [0.25, 0.3) is 0 Å². The second-order valence-electron chi connectivity index (χ2n) is 11.6. The number of piperazine rings is 1. The first-order valence-electron chi connectivity index (χ1n) is 14.3. The molecule has 0 spiro atoms. The minimum atomic E-state index is -1.28. The van der Waals surface area contributed by atoms with Gasteiger partial charge in [0.05, 0.1) is 0 Å². The normalized spacial score (nSPS) is 31.1. The van der Waals surface area contributed by atoms with Crippen molar-refractivity contribution >= 4 is 12.1 Å². The number of likely N-dealkylation sites (N-methyl/N-ethyl adjacent to an activating group) is 1. The van der Waals surface area contributed by atoms with Crippen LogP contribution in [0.5, 0.6) is 0 Å². The summed E-state index contributed by atoms with van der Waals surface area (Å²) in [7, 11) is 2.03. The highest BCUT2D eigenvalue weighted by molar-refractivity contribution is 5.70. The summed E-state index contributed by atoms with van der Waals surface area (Å²) in [6.07, 6.45) is 12.4. The van der Waals surface area contributed by atoms with Gasteiger partial charge in [0.1, 0.15) is 17.5 Å². The number of amides is 1. The number of allylic oxidation sites excluding steroid dienone is 3. The van der Waals surface area contributed by atoms with E-state index in [1.165, 1.54) is 0 Å². The molecule has 0 radical (unpaired) electrons. The van der Waals surface area contributed by atoms with Crippen molar-refractivity contribution in [3.05, 3.63) is 60.2 Å². The van der Waals surface area contributed by atoms with Crippen LogP contribution in [-0.4, -0.2) is 88.0 Å². The second kappa shape index (κ2) is 14.6. The van der Waals surface area contributed by atoms with Crippen molar-refractivity contribution in [1.82, 2.24) is 19.8 Å². The van der Waals surface area contributed by atoms with Crippen molar-refractivity contribution < 1.29 is 24.2 Å². The third kappa shape index (κ3) is 9.27. The Morgan fingerprint density at radius 3 is 2.55 bits per heavy atom. The molecule has 0 bridgehead atoms. The third-order valence-corrected chi connectivity index (χ3v) is 7.79. The number of rotatable bonds is 5. The van der Waals surface area contributed by atoms with Crippen LogP contribution in [0, 0.1) is 11.8 Å². The van der Waals surface area contributed by atoms with Gasteiger partial charge in [-0.3, -0.25) is 4.79 Å². The zero-order valence-corrected chi connectivity index (χ0v) is 24.8. The van der Waals surface area contributed by atoms with E-state index >= 15 is 0 Å². The topological polar surface area (TPSA) is 105 Å². The Morgan fingerprint density at radius 1 is 1.20 bits per heavy atom. The Labute approximate surface area is 239 Å². The average Bonchev–Trinajstić information content (AvgIpc) is 2.92. The highest BCUT2D eigenvalue weighted by Gasteiger charge is 2.36. The Balaban J connectivity index is 1.81. The van der Waals surface area contributed by atoms with Crippen LogP contribution in [0.1, 0.15) is 65.6 Å². The lowest BCUT2D eigenvalue weighted by Crippen LogP contribution is -2.50. The number of aromatic nitrogens is 2. The average molecular weight is 555 g/mol. The van der Waals surface area contributed by atoms with E-state index in [9.17, 15) is 14.7 Å². The summed E-state index contributed by atoms with van der Waals surface area (Å²) in [4.78, 5) is 38.3. The zero-order chi connectivity index (χ0) is 29.3. The lowest BCUT2D eigenvalue weighted by Gasteiger charge is -2.36. The van der Waals surface area contributed by atoms with Crippen LogP contribution >= 0.6 is 0 Å². The fourth-order valence-corrected chi connectivity index (χ4v) is 4.90. The molecule has 0 aliphatic carbocycles. The Morgan fingerprint density at radius 2 is 1.88 bits per heavy atom. The highest BCUT2D eigenvalue weighted by atomic mass is 16.6. The number of cyclic esters (lactones) is 1. The molecule has 1 N–H and O–H groups in total. The first-order valence-corrected chi connectivity index (χ1v) is 14.3. The minimum Gasteiger partial charge on any atom is -0.457 e. The predicted molar refractivity (Wildman–Crippen MR) is 155 cm³/mol. The number of esters is 1. The summed E-state index contributed by atoms with van der Waals surface area (Å²) in [5.41, 5.74) is -0.403. The molecule has 1 aromatic rings. The second-order valence-corrected chi connectivity index (χ2v) is 11.6. The van der Waals surface area contributed by atoms with E-state index in [-0.39, 0.29) is 30.1 Å². The van der Waals surface area contributed by atoms with Gasteiger partial charge in [-0.05, 0) is 57.4 Å². The van der Waals surface area contributed by atoms with Crippen molar-refractivity contribution in [3.8, 4) is 0 Å². The van der Waals surface area contributed by atoms with Crippen LogP contribution in [0.15, 0.2) is 54.4 Å². The first-order chi connectivity index (χ1) is 19.0. The lowest BCUT2D eigenvalue weighted by molar-refractivity contribution is -0.150. The van der Waals surface area contributed by atoms with Gasteiger partial charge in [0, 0.05) is 56.8 Å². The highest BCUT2D eigenvalue weighted by Crippen LogP contribution is 2.29. The monoisotopic (exact) mass is 554 g/mol. The van der Waals surface area contributed by atoms with Gasteiger partial charge in [0.15, 0.2) is 6.10 Å². The maximum absolute atomic E-state index is 13.0. The molecule has 6 atom stereocenters. The molecule has 3 heterocycles. The van der Waals surface area contributed by atoms with Crippen molar-refractivity contribution in [1.29, 1.82) is 0 Å². The van der Waals surface area contributed by atoms with E-state index in [0.29, 0.717) is 25.9 Å². The fourth-order valence-electron chi connectivity index (χ4n) is 4.90. The number of aliphatic hydroxyl groups is 1. The van der Waals surface area contributed by atoms with E-state index in [4.69, 9.17) is 9.47 Å². The first kappa shape index (κ1) is 31.5. The van der Waals surface area contributed by atoms with E-state index in [1.54, 1.807) is 36.4 Å². The molecule has 1 unspecified atom stereocenters. The van der Waals surface area contributed by atoms with Crippen molar-refractivity contribution in [2.45, 2.75) is 77.6 Å². The van der Waals surface area contributed by atoms with Gasteiger partial charge in [-0.15, -0.1) is 0 Å². The van der Waals surface area contributed by atoms with Gasteiger partial charge >= 0.3 is 12.1 Å². The van der Waals surface area contributed by atoms with Crippen LogP contribution in [-0.2, 0) is 14.3 Å². The molecule has 1 fully saturated rings. The van der Waals surface area contributed by atoms with E-state index in [0.717, 1.165) is 24.5 Å². The molecule has 9 heteroatoms. The van der Waals surface area contributed by atoms with Crippen molar-refractivity contribution in [2.75, 3.05) is 33.2 Å². The van der Waals surface area contributed by atoms with Gasteiger partial charge in [-0.1, -0.05) is 45.1 Å². The van der Waals surface area contributed by atoms with Crippen LogP contribution in [0.4, 0.5) is 4.79 Å². The maximum Gasteiger partial charge on any atom is 0.410 e. The van der Waals surface area contributed by atoms with Gasteiger partial charge < -0.3 is 24.4 Å². The summed E-state index contributed by atoms with van der Waals surface area (Å²) in [6.45, 7) is 12.3. The van der Waals surface area contributed by atoms with Gasteiger partial charge in [-0.2, -0.15) is 0 Å². The van der Waals surface area contributed by atoms with E-state index < -0.39 is 23.9 Å². The van der Waals surface area contributed by atoms with Gasteiger partial charge in [-0.25, -0.2) is 14.8 Å². The predicted octanol–water partition coefficient (Wildman–Crippen LogP) is 4.51. The molecule has 220 valence electrons. The van der Waals surface area contributed by atoms with Crippen LogP contribution in [0.3, 0.4) is 0 Å². The van der Waals surface area contributed by atoms with Crippen LogP contribution < -0.4 is 0 Å². The largest absolute Gasteiger partial charge is 0.457 e. The summed E-state index contributed by atoms with van der Waals surface area (Å²) in [5, 5.41) is 11.4. The molecule has 1 amide bonds. The summed E-state index contributed by atoms with van der Waals surface area (Å²) in [6, 6.07) is 1.79. The third-order valence-electron chi connectivity index (χ3n) is 7.79. The summed E-state index contributed by atoms with van der Waals surface area (Å²) >= 11 is 0. The Kier molecular flexibility index (Phi) is 11.5. The number of carbonyl (C=O) groups is 2. The SMILES string of the molecule is C/C(=C\C=C\C(C)c1ncccn1)[C@H]1OC(=O)C[C@H](C)CC[C@@](C)(O)[C@@H](OC(=O)N2CCN(C)CC2)/C=C/[C@@H]1C. The Bertz CT molecular complexity index is 1060. The quantitative estimate of drug-likeness (QED) is 0.322. The smallest absolute Gasteiger partial charge is 0.410 e. The number of carbonyl (C=O) groups excluding carboxylic acids is 2. The molecule has 0 saturated carbocycles. The molecule has 1 saturated heterocycles. The molecule has 0 aromatic carbocycles. The molecule has 2 aliphatic heterocycles. The molecule has 9 nitrogen and oxygen atoms in total. The van der Waals surface area contributed by atoms with Gasteiger partial charge in [0.25, 0.3) is 0 Å². The van der Waals surface area contributed by atoms with E-state index in [2.05, 4.69) is 14.9 Å². The molecule has 40 heavy (non-hydrogen) atoms. The van der Waals surface area contributed by atoms with E-state index in [1.807, 2.05) is 59.0 Å². The zero-order valence-electron chi connectivity index (χ0n) is 24.8. The van der Waals surface area contributed by atoms with Gasteiger partial charge in [0.2, 0.25) is 0 Å². The fraction of sp³-hybridized carbons (Fsp3) is 0.613. The maximum atomic E-state index is 13.0. The molecular weight excluding hydrogens is 508 g/mol. The number of nitrogens with zero attached hydrogens (tertiary/aromatic N) is 4. The van der Waals surface area contributed by atoms with Crippen molar-refractivity contribution in [3.63, 3.8) is 0 Å². The molecule has 3 rings (SSSR count). The summed E-state index contributed by atoms with van der Waals surface area (Å²) < 4.78 is 11.9. The minimum absolute atomic E-state index is 0.00299. The van der Waals surface area contributed by atoms with Crippen molar-refractivity contribution in [2.24, 2.45) is 11.8 Å². The summed E-state index contributed by atoms with van der Waals surface area (Å²) in [5.74, 6) is 0.276. The van der Waals surface area contributed by atoms with Crippen LogP contribution in [0.2, 0.25) is 0 Å². The lowest BCUT2D eigenvalue weighted by atomic mass is 9.87. The number of hydrogen-bond acceptors (Lipinski definition) is 8.